The standard InChI is InChI=1S/C40H27NSi/c1-4-16-29(17-5-1)41-36-24-13-15-28-14-12-23-33(40(28)36)34-26-35-32-22-10-11-25-38(32)42(39(35)27-37(34)41,30-18-6-2-7-19-30)31-20-8-3-9-21-31/h1-27H. The third-order valence-electron chi connectivity index (χ3n) is 9.24. The van der Waals surface area contributed by atoms with Crippen molar-refractivity contribution < 1.29 is 0 Å². The van der Waals surface area contributed by atoms with Crippen LogP contribution in [-0.4, -0.2) is 8.07 Å². The second-order valence-corrected chi connectivity index (χ2v) is 15.0. The SMILES string of the molecule is c1ccc(N2c3cc4c(cc3-c3cccc5cccc2c35)-c2ccccc2[Si]4(c2ccccc2)c2ccccc2)cc1. The zero-order valence-electron chi connectivity index (χ0n) is 23.0. The van der Waals surface area contributed by atoms with Crippen LogP contribution in [0.15, 0.2) is 164 Å². The van der Waals surface area contributed by atoms with Crippen molar-refractivity contribution in [2.75, 3.05) is 4.90 Å². The fraction of sp³-hybridized carbons (Fsp3) is 0. The molecule has 0 atom stereocenters. The summed E-state index contributed by atoms with van der Waals surface area (Å²) in [5.41, 5.74) is 9.02. The average Bonchev–Trinajstić information content (AvgIpc) is 3.36. The summed E-state index contributed by atoms with van der Waals surface area (Å²) in [6.45, 7) is 0. The maximum atomic E-state index is 2.55. The molecule has 0 N–H and O–H groups in total. The maximum absolute atomic E-state index is 2.60. The van der Waals surface area contributed by atoms with Gasteiger partial charge in [0.15, 0.2) is 8.07 Å². The molecule has 0 fully saturated rings. The molecule has 2 aliphatic heterocycles. The fourth-order valence-electron chi connectivity index (χ4n) is 7.59. The summed E-state index contributed by atoms with van der Waals surface area (Å²) in [4.78, 5) is 2.49. The molecule has 0 saturated carbocycles. The third kappa shape index (κ3) is 3.07. The Hall–Kier alpha value is -5.18. The van der Waals surface area contributed by atoms with Crippen molar-refractivity contribution >= 4 is 56.7 Å². The van der Waals surface area contributed by atoms with Crippen LogP contribution >= 0.6 is 0 Å². The summed E-state index contributed by atoms with van der Waals surface area (Å²) >= 11 is 0. The molecule has 0 aliphatic carbocycles. The zero-order chi connectivity index (χ0) is 27.7. The van der Waals surface area contributed by atoms with E-state index in [0.29, 0.717) is 0 Å². The second-order valence-electron chi connectivity index (χ2n) is 11.3. The Balaban J connectivity index is 1.45. The van der Waals surface area contributed by atoms with E-state index in [0.717, 1.165) is 0 Å². The zero-order valence-corrected chi connectivity index (χ0v) is 24.0. The van der Waals surface area contributed by atoms with Gasteiger partial charge < -0.3 is 4.90 Å². The lowest BCUT2D eigenvalue weighted by molar-refractivity contribution is 1.29. The van der Waals surface area contributed by atoms with E-state index in [-0.39, 0.29) is 0 Å². The summed E-state index contributed by atoms with van der Waals surface area (Å²) in [5, 5.41) is 8.37. The molecule has 7 aromatic rings. The molecule has 1 nitrogen and oxygen atoms in total. The molecule has 2 aliphatic rings. The number of hydrogen-bond acceptors (Lipinski definition) is 1. The van der Waals surface area contributed by atoms with Crippen LogP contribution in [0.25, 0.3) is 33.0 Å². The van der Waals surface area contributed by atoms with Crippen molar-refractivity contribution in [3.05, 3.63) is 164 Å². The first-order chi connectivity index (χ1) is 20.9. The molecule has 9 rings (SSSR count). The first-order valence-corrected chi connectivity index (χ1v) is 16.6. The number of nitrogens with zero attached hydrogens (tertiary/aromatic N) is 1. The van der Waals surface area contributed by atoms with Crippen molar-refractivity contribution in [3.63, 3.8) is 0 Å². The van der Waals surface area contributed by atoms with Crippen molar-refractivity contribution in [1.29, 1.82) is 0 Å². The van der Waals surface area contributed by atoms with E-state index in [1.165, 1.54) is 70.8 Å². The average molecular weight is 550 g/mol. The van der Waals surface area contributed by atoms with Crippen LogP contribution in [0, 0.1) is 0 Å². The monoisotopic (exact) mass is 549 g/mol. The lowest BCUT2D eigenvalue weighted by Gasteiger charge is -2.36. The highest BCUT2D eigenvalue weighted by atomic mass is 28.3. The van der Waals surface area contributed by atoms with E-state index < -0.39 is 8.07 Å². The number of para-hydroxylation sites is 1. The molecule has 0 unspecified atom stereocenters. The normalized spacial score (nSPS) is 13.9. The van der Waals surface area contributed by atoms with E-state index in [1.807, 2.05) is 0 Å². The molecule has 0 amide bonds. The van der Waals surface area contributed by atoms with Crippen LogP contribution < -0.4 is 25.6 Å². The lowest BCUT2D eigenvalue weighted by atomic mass is 9.89. The van der Waals surface area contributed by atoms with Crippen LogP contribution in [0.1, 0.15) is 0 Å². The molecule has 42 heavy (non-hydrogen) atoms. The highest BCUT2D eigenvalue weighted by Crippen LogP contribution is 2.52. The highest BCUT2D eigenvalue weighted by molar-refractivity contribution is 7.22. The smallest absolute Gasteiger partial charge is 0.180 e. The predicted octanol–water partition coefficient (Wildman–Crippen LogP) is 7.65. The third-order valence-corrected chi connectivity index (χ3v) is 14.1. The lowest BCUT2D eigenvalue weighted by Crippen LogP contribution is -2.72. The largest absolute Gasteiger partial charge is 0.309 e. The van der Waals surface area contributed by atoms with Crippen molar-refractivity contribution in [3.8, 4) is 22.3 Å². The van der Waals surface area contributed by atoms with Crippen LogP contribution in [0.3, 0.4) is 0 Å². The molecule has 2 heterocycles. The summed E-state index contributed by atoms with van der Waals surface area (Å²) in [6.07, 6.45) is 0. The van der Waals surface area contributed by atoms with Crippen LogP contribution in [0.2, 0.25) is 0 Å². The number of benzene rings is 7. The fourth-order valence-corrected chi connectivity index (χ4v) is 12.8. The van der Waals surface area contributed by atoms with Gasteiger partial charge in [-0.2, -0.15) is 0 Å². The van der Waals surface area contributed by atoms with Gasteiger partial charge in [0, 0.05) is 16.6 Å². The Labute approximate surface area is 247 Å². The van der Waals surface area contributed by atoms with E-state index in [2.05, 4.69) is 169 Å². The molecular weight excluding hydrogens is 523 g/mol. The topological polar surface area (TPSA) is 3.24 Å². The van der Waals surface area contributed by atoms with Crippen molar-refractivity contribution in [2.24, 2.45) is 0 Å². The Morgan fingerprint density at radius 1 is 0.381 bits per heavy atom. The number of fused-ring (bicyclic) bond motifs is 5. The number of hydrogen-bond donors (Lipinski definition) is 0. The second kappa shape index (κ2) is 8.91. The van der Waals surface area contributed by atoms with E-state index in [1.54, 1.807) is 0 Å². The minimum atomic E-state index is -2.60. The minimum absolute atomic E-state index is 1.18. The van der Waals surface area contributed by atoms with Gasteiger partial charge >= 0.3 is 0 Å². The molecule has 2 heteroatoms. The van der Waals surface area contributed by atoms with Gasteiger partial charge in [-0.3, -0.25) is 0 Å². The number of rotatable bonds is 3. The van der Waals surface area contributed by atoms with Gasteiger partial charge in [-0.15, -0.1) is 0 Å². The summed E-state index contributed by atoms with van der Waals surface area (Å²) in [5.74, 6) is 0. The Morgan fingerprint density at radius 2 is 0.976 bits per heavy atom. The summed E-state index contributed by atoms with van der Waals surface area (Å²) in [7, 11) is -2.60. The molecule has 7 aromatic carbocycles. The van der Waals surface area contributed by atoms with Gasteiger partial charge in [0.25, 0.3) is 0 Å². The van der Waals surface area contributed by atoms with Gasteiger partial charge in [0.05, 0.1) is 11.4 Å². The van der Waals surface area contributed by atoms with Gasteiger partial charge in [-0.25, -0.2) is 0 Å². The van der Waals surface area contributed by atoms with E-state index in [4.69, 9.17) is 0 Å². The van der Waals surface area contributed by atoms with Gasteiger partial charge in [0.2, 0.25) is 0 Å². The molecular formula is C40H27NSi. The molecule has 0 radical (unpaired) electrons. The van der Waals surface area contributed by atoms with Gasteiger partial charge in [-0.05, 0) is 73.2 Å². The molecule has 0 saturated heterocycles. The molecule has 0 spiro atoms. The first-order valence-electron chi connectivity index (χ1n) is 14.6. The van der Waals surface area contributed by atoms with E-state index in [9.17, 15) is 0 Å². The van der Waals surface area contributed by atoms with Crippen LogP contribution in [0.5, 0.6) is 0 Å². The summed E-state index contributed by atoms with van der Waals surface area (Å²) in [6, 6.07) is 61.1. The molecule has 196 valence electrons. The van der Waals surface area contributed by atoms with E-state index >= 15 is 0 Å². The maximum Gasteiger partial charge on any atom is 0.180 e. The van der Waals surface area contributed by atoms with Gasteiger partial charge in [-0.1, -0.05) is 133 Å². The predicted molar refractivity (Wildman–Crippen MR) is 180 cm³/mol. The highest BCUT2D eigenvalue weighted by Gasteiger charge is 2.49. The quantitative estimate of drug-likeness (QED) is 0.205. The van der Waals surface area contributed by atoms with Crippen molar-refractivity contribution in [2.45, 2.75) is 0 Å². The Kier molecular flexibility index (Phi) is 4.99. The molecule has 0 bridgehead atoms. The van der Waals surface area contributed by atoms with Crippen LogP contribution in [-0.2, 0) is 0 Å². The number of anilines is 3. The van der Waals surface area contributed by atoms with Crippen LogP contribution in [0.4, 0.5) is 17.1 Å². The minimum Gasteiger partial charge on any atom is -0.309 e. The first kappa shape index (κ1) is 23.5. The van der Waals surface area contributed by atoms with Gasteiger partial charge in [0.1, 0.15) is 0 Å². The Morgan fingerprint density at radius 3 is 1.69 bits per heavy atom. The van der Waals surface area contributed by atoms with Crippen molar-refractivity contribution in [1.82, 2.24) is 0 Å². The molecule has 0 aromatic heterocycles. The summed E-state index contributed by atoms with van der Waals surface area (Å²) < 4.78 is 0. The Bertz CT molecular complexity index is 2090.